The molecule has 0 atom stereocenters. The monoisotopic (exact) mass is 712 g/mol. The molecule has 0 spiro atoms. The number of aliphatic hydroxyl groups is 2. The number of phenols is 1. The van der Waals surface area contributed by atoms with Gasteiger partial charge in [-0.2, -0.15) is 0 Å². The number of aromatic hydroxyl groups is 1. The van der Waals surface area contributed by atoms with Gasteiger partial charge in [0.15, 0.2) is 0 Å². The summed E-state index contributed by atoms with van der Waals surface area (Å²) in [6.07, 6.45) is 11.9. The van der Waals surface area contributed by atoms with Gasteiger partial charge in [0, 0.05) is 25.0 Å². The number of carbonyl (C=O) groups excluding carboxylic acids is 3. The van der Waals surface area contributed by atoms with E-state index in [4.69, 9.17) is 29.5 Å². The minimum absolute atomic E-state index is 0.142. The van der Waals surface area contributed by atoms with Gasteiger partial charge in [-0.3, -0.25) is 0 Å². The molecule has 2 aromatic carbocycles. The molecule has 9 nitrogen and oxygen atoms in total. The Morgan fingerprint density at radius 2 is 1.02 bits per heavy atom. The van der Waals surface area contributed by atoms with Gasteiger partial charge in [0.2, 0.25) is 0 Å². The molecule has 0 amide bonds. The maximum absolute atomic E-state index is 11.5. The molecule has 0 aliphatic rings. The number of hydrogen-bond donors (Lipinski definition) is 3. The first-order valence-corrected chi connectivity index (χ1v) is 17.5. The molecule has 0 saturated heterocycles. The lowest BCUT2D eigenvalue weighted by Gasteiger charge is -2.07. The summed E-state index contributed by atoms with van der Waals surface area (Å²) in [5.74, 6) is 0.502. The van der Waals surface area contributed by atoms with Crippen molar-refractivity contribution in [3.63, 3.8) is 0 Å². The van der Waals surface area contributed by atoms with Crippen molar-refractivity contribution in [2.24, 2.45) is 0 Å². The Hall–Kier alpha value is -2.95. The number of ketones is 1. The van der Waals surface area contributed by atoms with Crippen LogP contribution < -0.4 is 4.74 Å². The number of hydrogen-bond acceptors (Lipinski definition) is 9. The molecule has 0 aliphatic heterocycles. The van der Waals surface area contributed by atoms with Crippen LogP contribution in [0.5, 0.6) is 11.5 Å². The van der Waals surface area contributed by atoms with Crippen molar-refractivity contribution in [2.75, 3.05) is 38.4 Å². The van der Waals surface area contributed by atoms with Crippen LogP contribution in [-0.4, -0.2) is 71.4 Å². The van der Waals surface area contributed by atoms with Crippen molar-refractivity contribution in [1.82, 2.24) is 0 Å². The van der Waals surface area contributed by atoms with Crippen molar-refractivity contribution in [2.45, 2.75) is 98.3 Å². The Bertz CT molecular complexity index is 990. The zero-order valence-corrected chi connectivity index (χ0v) is 29.9. The number of halogens is 1. The van der Waals surface area contributed by atoms with Crippen LogP contribution >= 0.6 is 15.9 Å². The fourth-order valence-electron chi connectivity index (χ4n) is 3.38. The number of esters is 2. The quantitative estimate of drug-likeness (QED) is 0.0749. The summed E-state index contributed by atoms with van der Waals surface area (Å²) in [7, 11) is 0. The van der Waals surface area contributed by atoms with E-state index in [0.717, 1.165) is 49.6 Å². The van der Waals surface area contributed by atoms with Gasteiger partial charge in [-0.15, -0.1) is 0 Å². The Morgan fingerprint density at radius 3 is 1.41 bits per heavy atom. The molecule has 0 saturated carbocycles. The average Bonchev–Trinajstić information content (AvgIpc) is 3.06. The van der Waals surface area contributed by atoms with Gasteiger partial charge in [0.1, 0.15) is 17.3 Å². The summed E-state index contributed by atoms with van der Waals surface area (Å²) in [5, 5.41) is 27.1. The molecule has 2 rings (SSSR count). The minimum atomic E-state index is -0.363. The largest absolute Gasteiger partial charge is 0.508 e. The van der Waals surface area contributed by atoms with Crippen LogP contribution in [0.25, 0.3) is 0 Å². The number of unbranched alkanes of at least 4 members (excludes halogenated alkanes) is 8. The van der Waals surface area contributed by atoms with Crippen molar-refractivity contribution in [1.29, 1.82) is 0 Å². The number of ether oxygens (including phenoxy) is 3. The van der Waals surface area contributed by atoms with E-state index in [1.165, 1.54) is 49.9 Å². The topological polar surface area (TPSA) is 140 Å². The molecule has 0 heterocycles. The highest BCUT2D eigenvalue weighted by Gasteiger charge is 2.06. The molecule has 3 N–H and O–H groups in total. The highest BCUT2D eigenvalue weighted by molar-refractivity contribution is 9.09. The molecule has 262 valence electrons. The standard InChI is InChI=1S/C16H24O4.C9H10O3.C7H15BrO.C4H8O/c1-2-19-16(18)14-8-10-15(11-9-14)20-13-7-5-3-4-6-12-17;1-2-12-9(11)7-3-5-8(10)6-4-7;8-6-4-2-1-3-5-7-9;1-3-4(2)5/h8-11,17H,2-7,12-13H2,1H3;3-6,10H,2H2,1H3;9H,1-7H2;3H2,1-2H3. The lowest BCUT2D eigenvalue weighted by atomic mass is 10.1. The first-order valence-electron chi connectivity index (χ1n) is 16.3. The van der Waals surface area contributed by atoms with Gasteiger partial charge in [-0.05, 0) is 95.0 Å². The van der Waals surface area contributed by atoms with E-state index in [1.54, 1.807) is 45.0 Å². The molecule has 0 aromatic heterocycles. The third kappa shape index (κ3) is 28.5. The van der Waals surface area contributed by atoms with Gasteiger partial charge in [0.05, 0.1) is 30.9 Å². The number of alkyl halides is 1. The van der Waals surface area contributed by atoms with E-state index in [1.807, 2.05) is 6.92 Å². The van der Waals surface area contributed by atoms with E-state index >= 15 is 0 Å². The van der Waals surface area contributed by atoms with Crippen LogP contribution in [0.3, 0.4) is 0 Å². The smallest absolute Gasteiger partial charge is 0.338 e. The van der Waals surface area contributed by atoms with Crippen molar-refractivity contribution >= 4 is 33.7 Å². The lowest BCUT2D eigenvalue weighted by Crippen LogP contribution is -2.04. The zero-order chi connectivity index (χ0) is 34.8. The molecule has 10 heteroatoms. The third-order valence-corrected chi connectivity index (χ3v) is 6.67. The fraction of sp³-hybridized carbons (Fsp3) is 0.583. The number of carbonyl (C=O) groups is 3. The van der Waals surface area contributed by atoms with E-state index < -0.39 is 0 Å². The number of phenolic OH excluding ortho intramolecular Hbond substituents is 1. The normalized spacial score (nSPS) is 9.72. The molecular weight excluding hydrogens is 656 g/mol. The SMILES string of the molecule is CCC(C)=O.CCOC(=O)c1ccc(O)cc1.CCOC(=O)c1ccc(OCCCCCCCO)cc1.OCCCCCCCBr. The second-order valence-corrected chi connectivity index (χ2v) is 10.9. The predicted octanol–water partition coefficient (Wildman–Crippen LogP) is 8.06. The Morgan fingerprint density at radius 1 is 0.630 bits per heavy atom. The summed E-state index contributed by atoms with van der Waals surface area (Å²) >= 11 is 3.37. The molecule has 0 radical (unpaired) electrons. The second kappa shape index (κ2) is 33.4. The van der Waals surface area contributed by atoms with Gasteiger partial charge in [-0.1, -0.05) is 61.4 Å². The molecule has 0 fully saturated rings. The van der Waals surface area contributed by atoms with Crippen LogP contribution in [0, 0.1) is 0 Å². The maximum atomic E-state index is 11.5. The fourth-order valence-corrected chi connectivity index (χ4v) is 3.78. The maximum Gasteiger partial charge on any atom is 0.338 e. The van der Waals surface area contributed by atoms with Crippen molar-refractivity contribution in [3.05, 3.63) is 59.7 Å². The van der Waals surface area contributed by atoms with E-state index in [0.29, 0.717) is 44.0 Å². The van der Waals surface area contributed by atoms with Crippen LogP contribution in [0.4, 0.5) is 0 Å². The summed E-state index contributed by atoms with van der Waals surface area (Å²) < 4.78 is 15.3. The number of rotatable bonds is 19. The molecule has 0 unspecified atom stereocenters. The number of benzene rings is 2. The highest BCUT2D eigenvalue weighted by atomic mass is 79.9. The second-order valence-electron chi connectivity index (χ2n) is 10.1. The Labute approximate surface area is 284 Å². The van der Waals surface area contributed by atoms with E-state index in [2.05, 4.69) is 15.9 Å². The predicted molar refractivity (Wildman–Crippen MR) is 187 cm³/mol. The van der Waals surface area contributed by atoms with Crippen LogP contribution in [0.15, 0.2) is 48.5 Å². The van der Waals surface area contributed by atoms with Crippen molar-refractivity contribution in [3.8, 4) is 11.5 Å². The summed E-state index contributed by atoms with van der Waals surface area (Å²) in [4.78, 5) is 32.3. The third-order valence-electron chi connectivity index (χ3n) is 6.10. The van der Waals surface area contributed by atoms with E-state index in [-0.39, 0.29) is 30.1 Å². The first-order chi connectivity index (χ1) is 22.2. The average molecular weight is 714 g/mol. The minimum Gasteiger partial charge on any atom is -0.508 e. The Kier molecular flexibility index (Phi) is 32.8. The van der Waals surface area contributed by atoms with Gasteiger partial charge >= 0.3 is 11.9 Å². The highest BCUT2D eigenvalue weighted by Crippen LogP contribution is 2.14. The summed E-state index contributed by atoms with van der Waals surface area (Å²) in [5.41, 5.74) is 0.998. The zero-order valence-electron chi connectivity index (χ0n) is 28.3. The van der Waals surface area contributed by atoms with Gasteiger partial charge in [-0.25, -0.2) is 9.59 Å². The van der Waals surface area contributed by atoms with E-state index in [9.17, 15) is 14.4 Å². The van der Waals surface area contributed by atoms with Crippen molar-refractivity contribution < 1.29 is 43.9 Å². The van der Waals surface area contributed by atoms with Gasteiger partial charge in [0.25, 0.3) is 0 Å². The van der Waals surface area contributed by atoms with Crippen LogP contribution in [-0.2, 0) is 14.3 Å². The first kappa shape index (κ1) is 45.2. The molecule has 2 aromatic rings. The molecular formula is C36H57BrO9. The Balaban J connectivity index is 0. The molecule has 46 heavy (non-hydrogen) atoms. The number of aliphatic hydroxyl groups excluding tert-OH is 2. The summed E-state index contributed by atoms with van der Waals surface area (Å²) in [6, 6.07) is 13.0. The number of Topliss-reactive ketones (excluding diaryl/α,β-unsaturated/α-hetero) is 1. The molecule has 0 aliphatic carbocycles. The van der Waals surface area contributed by atoms with Crippen LogP contribution in [0.1, 0.15) is 119 Å². The van der Waals surface area contributed by atoms with Crippen LogP contribution in [0.2, 0.25) is 0 Å². The van der Waals surface area contributed by atoms with Gasteiger partial charge < -0.3 is 34.3 Å². The molecule has 0 bridgehead atoms. The summed E-state index contributed by atoms with van der Waals surface area (Å²) in [6.45, 7) is 9.03. The lowest BCUT2D eigenvalue weighted by molar-refractivity contribution is -0.116.